The molecule has 1 saturated carbocycles. The van der Waals surface area contributed by atoms with E-state index in [-0.39, 0.29) is 12.5 Å². The standard InChI is InChI=1S/C12H19N3O3S2/c16-7-9-2-1-5-15(6-9)20(17,18)14-12-13-11(8-19-12)10-3-4-10/h8-10,16H,1-7H2,(H,13,14). The van der Waals surface area contributed by atoms with Gasteiger partial charge in [0.1, 0.15) is 0 Å². The van der Waals surface area contributed by atoms with E-state index in [9.17, 15) is 13.5 Å². The van der Waals surface area contributed by atoms with Gasteiger partial charge in [-0.2, -0.15) is 12.7 Å². The Morgan fingerprint density at radius 3 is 2.95 bits per heavy atom. The van der Waals surface area contributed by atoms with Gasteiger partial charge in [0.05, 0.1) is 5.69 Å². The number of thiazole rings is 1. The van der Waals surface area contributed by atoms with Crippen LogP contribution >= 0.6 is 11.3 Å². The van der Waals surface area contributed by atoms with Gasteiger partial charge in [0.2, 0.25) is 0 Å². The van der Waals surface area contributed by atoms with Crippen LogP contribution in [0.2, 0.25) is 0 Å². The summed E-state index contributed by atoms with van der Waals surface area (Å²) in [6, 6.07) is 0. The van der Waals surface area contributed by atoms with Gasteiger partial charge in [-0.3, -0.25) is 0 Å². The summed E-state index contributed by atoms with van der Waals surface area (Å²) in [5.74, 6) is 0.567. The highest BCUT2D eigenvalue weighted by molar-refractivity contribution is 7.90. The lowest BCUT2D eigenvalue weighted by Crippen LogP contribution is -2.43. The maximum atomic E-state index is 12.3. The molecule has 1 aromatic rings. The van der Waals surface area contributed by atoms with E-state index in [0.29, 0.717) is 24.1 Å². The van der Waals surface area contributed by atoms with Crippen LogP contribution in [0.25, 0.3) is 0 Å². The number of piperidine rings is 1. The average Bonchev–Trinajstić information content (AvgIpc) is 3.20. The van der Waals surface area contributed by atoms with E-state index in [0.717, 1.165) is 31.4 Å². The summed E-state index contributed by atoms with van der Waals surface area (Å²) < 4.78 is 28.6. The molecule has 0 spiro atoms. The summed E-state index contributed by atoms with van der Waals surface area (Å²) in [5, 5.41) is 11.6. The second-order valence-electron chi connectivity index (χ2n) is 5.51. The molecule has 112 valence electrons. The molecule has 1 unspecified atom stereocenters. The Kier molecular flexibility index (Phi) is 3.98. The Hall–Kier alpha value is -0.700. The van der Waals surface area contributed by atoms with E-state index in [4.69, 9.17) is 0 Å². The zero-order valence-corrected chi connectivity index (χ0v) is 12.8. The monoisotopic (exact) mass is 317 g/mol. The van der Waals surface area contributed by atoms with E-state index in [1.165, 1.54) is 15.6 Å². The quantitative estimate of drug-likeness (QED) is 0.859. The van der Waals surface area contributed by atoms with Crippen LogP contribution in [0.3, 0.4) is 0 Å². The summed E-state index contributed by atoms with van der Waals surface area (Å²) in [6.07, 6.45) is 3.98. The minimum absolute atomic E-state index is 0.0368. The molecule has 2 heterocycles. The first-order valence-electron chi connectivity index (χ1n) is 6.92. The van der Waals surface area contributed by atoms with Gasteiger partial charge in [-0.05, 0) is 31.6 Å². The van der Waals surface area contributed by atoms with Gasteiger partial charge in [-0.15, -0.1) is 11.3 Å². The molecular formula is C12H19N3O3S2. The highest BCUT2D eigenvalue weighted by Crippen LogP contribution is 2.41. The first-order valence-corrected chi connectivity index (χ1v) is 9.24. The number of aliphatic hydroxyl groups excluding tert-OH is 1. The molecule has 2 N–H and O–H groups in total. The minimum Gasteiger partial charge on any atom is -0.396 e. The van der Waals surface area contributed by atoms with Gasteiger partial charge in [0.15, 0.2) is 5.13 Å². The second kappa shape index (κ2) is 5.59. The minimum atomic E-state index is -3.55. The highest BCUT2D eigenvalue weighted by atomic mass is 32.2. The first-order chi connectivity index (χ1) is 9.58. The molecule has 0 bridgehead atoms. The average molecular weight is 317 g/mol. The zero-order valence-electron chi connectivity index (χ0n) is 11.2. The van der Waals surface area contributed by atoms with E-state index in [1.807, 2.05) is 5.38 Å². The van der Waals surface area contributed by atoms with Crippen molar-refractivity contribution in [1.82, 2.24) is 9.29 Å². The van der Waals surface area contributed by atoms with Crippen molar-refractivity contribution < 1.29 is 13.5 Å². The molecule has 1 aromatic heterocycles. The summed E-state index contributed by atoms with van der Waals surface area (Å²) in [7, 11) is -3.55. The van der Waals surface area contributed by atoms with Crippen LogP contribution < -0.4 is 4.72 Å². The largest absolute Gasteiger partial charge is 0.396 e. The summed E-state index contributed by atoms with van der Waals surface area (Å²) >= 11 is 1.34. The SMILES string of the molecule is O=S(=O)(Nc1nc(C2CC2)cs1)N1CCCC(CO)C1. The van der Waals surface area contributed by atoms with Crippen LogP contribution in [0.15, 0.2) is 5.38 Å². The third-order valence-electron chi connectivity index (χ3n) is 3.81. The molecule has 1 aliphatic heterocycles. The van der Waals surface area contributed by atoms with Gasteiger partial charge < -0.3 is 5.11 Å². The smallest absolute Gasteiger partial charge is 0.303 e. The van der Waals surface area contributed by atoms with Gasteiger partial charge in [0.25, 0.3) is 0 Å². The maximum absolute atomic E-state index is 12.3. The summed E-state index contributed by atoms with van der Waals surface area (Å²) in [6.45, 7) is 0.925. The van der Waals surface area contributed by atoms with Crippen LogP contribution in [0.1, 0.15) is 37.3 Å². The van der Waals surface area contributed by atoms with Gasteiger partial charge >= 0.3 is 10.2 Å². The predicted molar refractivity (Wildman–Crippen MR) is 78.0 cm³/mol. The first kappa shape index (κ1) is 14.2. The van der Waals surface area contributed by atoms with Crippen molar-refractivity contribution in [3.63, 3.8) is 0 Å². The number of rotatable bonds is 5. The number of aromatic nitrogens is 1. The summed E-state index contributed by atoms with van der Waals surface area (Å²) in [4.78, 5) is 4.34. The molecule has 2 fully saturated rings. The Bertz CT molecular complexity index is 568. The Labute approximate surface area is 123 Å². The fourth-order valence-electron chi connectivity index (χ4n) is 2.47. The number of aliphatic hydroxyl groups is 1. The summed E-state index contributed by atoms with van der Waals surface area (Å²) in [5.41, 5.74) is 1.000. The van der Waals surface area contributed by atoms with E-state index < -0.39 is 10.2 Å². The molecule has 2 aliphatic rings. The molecular weight excluding hydrogens is 298 g/mol. The molecule has 20 heavy (non-hydrogen) atoms. The van der Waals surface area contributed by atoms with Crippen LogP contribution in [0.4, 0.5) is 5.13 Å². The zero-order chi connectivity index (χ0) is 14.2. The van der Waals surface area contributed by atoms with Crippen LogP contribution in [-0.2, 0) is 10.2 Å². The van der Waals surface area contributed by atoms with Crippen molar-refractivity contribution in [1.29, 1.82) is 0 Å². The van der Waals surface area contributed by atoms with Crippen molar-refractivity contribution >= 4 is 26.7 Å². The number of anilines is 1. The number of hydrogen-bond acceptors (Lipinski definition) is 5. The molecule has 1 atom stereocenters. The van der Waals surface area contributed by atoms with Crippen molar-refractivity contribution in [2.24, 2.45) is 5.92 Å². The van der Waals surface area contributed by atoms with Gasteiger partial charge in [-0.25, -0.2) is 9.71 Å². The fourth-order valence-corrected chi connectivity index (χ4v) is 4.78. The molecule has 0 amide bonds. The van der Waals surface area contributed by atoms with Crippen molar-refractivity contribution in [3.05, 3.63) is 11.1 Å². The van der Waals surface area contributed by atoms with Crippen molar-refractivity contribution in [3.8, 4) is 0 Å². The van der Waals surface area contributed by atoms with E-state index >= 15 is 0 Å². The van der Waals surface area contributed by atoms with Crippen LogP contribution in [-0.4, -0.2) is 42.5 Å². The van der Waals surface area contributed by atoms with E-state index in [2.05, 4.69) is 9.71 Å². The maximum Gasteiger partial charge on any atom is 0.303 e. The van der Waals surface area contributed by atoms with Gasteiger partial charge in [-0.1, -0.05) is 0 Å². The third-order valence-corrected chi connectivity index (χ3v) is 6.18. The number of hydrogen-bond donors (Lipinski definition) is 2. The molecule has 6 nitrogen and oxygen atoms in total. The number of nitrogens with one attached hydrogen (secondary N) is 1. The molecule has 0 aromatic carbocycles. The van der Waals surface area contributed by atoms with E-state index in [1.54, 1.807) is 0 Å². The Morgan fingerprint density at radius 2 is 2.25 bits per heavy atom. The lowest BCUT2D eigenvalue weighted by Gasteiger charge is -2.30. The van der Waals surface area contributed by atoms with Gasteiger partial charge in [0, 0.05) is 31.0 Å². The fraction of sp³-hybridized carbons (Fsp3) is 0.750. The molecule has 1 aliphatic carbocycles. The van der Waals surface area contributed by atoms with Crippen molar-refractivity contribution in [2.45, 2.75) is 31.6 Å². The second-order valence-corrected chi connectivity index (χ2v) is 8.04. The Morgan fingerprint density at radius 1 is 1.45 bits per heavy atom. The lowest BCUT2D eigenvalue weighted by molar-refractivity contribution is 0.166. The molecule has 0 radical (unpaired) electrons. The molecule has 1 saturated heterocycles. The third kappa shape index (κ3) is 3.13. The van der Waals surface area contributed by atoms with Crippen molar-refractivity contribution in [2.75, 3.05) is 24.4 Å². The molecule has 8 heteroatoms. The topological polar surface area (TPSA) is 82.5 Å². The van der Waals surface area contributed by atoms with Crippen LogP contribution in [0, 0.1) is 5.92 Å². The molecule has 3 rings (SSSR count). The number of nitrogens with zero attached hydrogens (tertiary/aromatic N) is 2. The van der Waals surface area contributed by atoms with Crippen LogP contribution in [0.5, 0.6) is 0 Å². The normalized spacial score (nSPS) is 24.8. The Balaban J connectivity index is 1.67. The highest BCUT2D eigenvalue weighted by Gasteiger charge is 2.30. The lowest BCUT2D eigenvalue weighted by atomic mass is 10.0. The predicted octanol–water partition coefficient (Wildman–Crippen LogP) is 1.38.